The molecule has 2 aromatic rings. The standard InChI is InChI=1S/C20H26N4O2S/c1-14(2)19-22-23-20(27-19)21-17(25)12-16-8-10-24(11-9-16)18(26)13-15-6-4-3-5-7-15/h3-7,14,16H,8-13H2,1-2H3,(H,21,23,25). The van der Waals surface area contributed by atoms with Crippen LogP contribution in [-0.2, 0) is 16.0 Å². The van der Waals surface area contributed by atoms with Gasteiger partial charge in [0, 0.05) is 25.4 Å². The van der Waals surface area contributed by atoms with E-state index in [9.17, 15) is 9.59 Å². The van der Waals surface area contributed by atoms with Gasteiger partial charge < -0.3 is 10.2 Å². The Labute approximate surface area is 164 Å². The maximum Gasteiger partial charge on any atom is 0.226 e. The van der Waals surface area contributed by atoms with Crippen molar-refractivity contribution in [2.24, 2.45) is 5.92 Å². The van der Waals surface area contributed by atoms with Gasteiger partial charge in [0.15, 0.2) is 0 Å². The van der Waals surface area contributed by atoms with Gasteiger partial charge in [-0.2, -0.15) is 0 Å². The summed E-state index contributed by atoms with van der Waals surface area (Å²) in [6.07, 6.45) is 2.64. The molecule has 144 valence electrons. The number of aromatic nitrogens is 2. The van der Waals surface area contributed by atoms with E-state index in [4.69, 9.17) is 0 Å². The number of nitrogens with one attached hydrogen (secondary N) is 1. The first-order valence-corrected chi connectivity index (χ1v) is 10.3. The highest BCUT2D eigenvalue weighted by Gasteiger charge is 2.24. The molecule has 2 amide bonds. The zero-order valence-corrected chi connectivity index (χ0v) is 16.7. The molecule has 1 aliphatic rings. The predicted octanol–water partition coefficient (Wildman–Crippen LogP) is 3.47. The van der Waals surface area contributed by atoms with Crippen molar-refractivity contribution < 1.29 is 9.59 Å². The smallest absolute Gasteiger partial charge is 0.226 e. The van der Waals surface area contributed by atoms with Crippen LogP contribution >= 0.6 is 11.3 Å². The van der Waals surface area contributed by atoms with Crippen molar-refractivity contribution in [3.63, 3.8) is 0 Å². The first-order chi connectivity index (χ1) is 13.0. The molecule has 0 aliphatic carbocycles. The Morgan fingerprint density at radius 2 is 1.89 bits per heavy atom. The third-order valence-electron chi connectivity index (χ3n) is 4.82. The van der Waals surface area contributed by atoms with Crippen LogP contribution in [0.2, 0.25) is 0 Å². The van der Waals surface area contributed by atoms with E-state index in [1.807, 2.05) is 35.2 Å². The minimum atomic E-state index is -0.0180. The monoisotopic (exact) mass is 386 g/mol. The number of carbonyl (C=O) groups excluding carboxylic acids is 2. The fraction of sp³-hybridized carbons (Fsp3) is 0.500. The Hall–Kier alpha value is -2.28. The van der Waals surface area contributed by atoms with E-state index in [1.54, 1.807) is 0 Å². The molecule has 1 fully saturated rings. The van der Waals surface area contributed by atoms with Crippen LogP contribution in [0.3, 0.4) is 0 Å². The van der Waals surface area contributed by atoms with Crippen LogP contribution in [0, 0.1) is 5.92 Å². The van der Waals surface area contributed by atoms with Crippen molar-refractivity contribution in [3.8, 4) is 0 Å². The third kappa shape index (κ3) is 5.60. The molecule has 0 radical (unpaired) electrons. The maximum atomic E-state index is 12.4. The minimum absolute atomic E-state index is 0.0180. The van der Waals surface area contributed by atoms with Crippen molar-refractivity contribution in [3.05, 3.63) is 40.9 Å². The molecule has 3 rings (SSSR count). The molecule has 0 unspecified atom stereocenters. The number of amides is 2. The Morgan fingerprint density at radius 1 is 1.19 bits per heavy atom. The van der Waals surface area contributed by atoms with E-state index < -0.39 is 0 Å². The lowest BCUT2D eigenvalue weighted by Crippen LogP contribution is -2.40. The topological polar surface area (TPSA) is 75.2 Å². The minimum Gasteiger partial charge on any atom is -0.342 e. The summed E-state index contributed by atoms with van der Waals surface area (Å²) in [5, 5.41) is 12.5. The second-order valence-electron chi connectivity index (χ2n) is 7.34. The van der Waals surface area contributed by atoms with Gasteiger partial charge >= 0.3 is 0 Å². The normalized spacial score (nSPS) is 15.1. The summed E-state index contributed by atoms with van der Waals surface area (Å²) < 4.78 is 0. The zero-order valence-electron chi connectivity index (χ0n) is 15.9. The van der Waals surface area contributed by atoms with E-state index in [0.29, 0.717) is 29.8 Å². The number of likely N-dealkylation sites (tertiary alicyclic amines) is 1. The highest BCUT2D eigenvalue weighted by atomic mass is 32.1. The molecule has 27 heavy (non-hydrogen) atoms. The molecule has 1 aromatic heterocycles. The Morgan fingerprint density at radius 3 is 2.52 bits per heavy atom. The van der Waals surface area contributed by atoms with Crippen LogP contribution in [0.15, 0.2) is 30.3 Å². The van der Waals surface area contributed by atoms with Gasteiger partial charge in [0.2, 0.25) is 16.9 Å². The van der Waals surface area contributed by atoms with Crippen molar-refractivity contribution in [2.45, 2.75) is 45.4 Å². The van der Waals surface area contributed by atoms with Crippen molar-refractivity contribution >= 4 is 28.3 Å². The Bertz CT molecular complexity index is 767. The summed E-state index contributed by atoms with van der Waals surface area (Å²) in [6.45, 7) is 5.55. The van der Waals surface area contributed by atoms with Gasteiger partial charge in [-0.05, 0) is 24.3 Å². The molecule has 7 heteroatoms. The fourth-order valence-electron chi connectivity index (χ4n) is 3.22. The molecule has 1 aliphatic heterocycles. The second-order valence-corrected chi connectivity index (χ2v) is 8.35. The molecular formula is C20H26N4O2S. The maximum absolute atomic E-state index is 12.4. The summed E-state index contributed by atoms with van der Waals surface area (Å²) in [5.74, 6) is 0.767. The quantitative estimate of drug-likeness (QED) is 0.825. The fourth-order valence-corrected chi connectivity index (χ4v) is 3.98. The number of hydrogen-bond donors (Lipinski definition) is 1. The summed E-state index contributed by atoms with van der Waals surface area (Å²) >= 11 is 1.43. The van der Waals surface area contributed by atoms with Crippen LogP contribution < -0.4 is 5.32 Å². The SMILES string of the molecule is CC(C)c1nnc(NC(=O)CC2CCN(C(=O)Cc3ccccc3)CC2)s1. The number of hydrogen-bond acceptors (Lipinski definition) is 5. The van der Waals surface area contributed by atoms with Crippen molar-refractivity contribution in [1.82, 2.24) is 15.1 Å². The number of rotatable bonds is 6. The molecule has 0 saturated carbocycles. The molecule has 0 bridgehead atoms. The van der Waals surface area contributed by atoms with E-state index >= 15 is 0 Å². The highest BCUT2D eigenvalue weighted by molar-refractivity contribution is 7.15. The highest BCUT2D eigenvalue weighted by Crippen LogP contribution is 2.25. The molecular weight excluding hydrogens is 360 g/mol. The lowest BCUT2D eigenvalue weighted by Gasteiger charge is -2.31. The summed E-state index contributed by atoms with van der Waals surface area (Å²) in [4.78, 5) is 26.6. The van der Waals surface area contributed by atoms with Gasteiger partial charge in [0.25, 0.3) is 0 Å². The van der Waals surface area contributed by atoms with E-state index in [2.05, 4.69) is 29.4 Å². The summed E-state index contributed by atoms with van der Waals surface area (Å²) in [7, 11) is 0. The molecule has 0 spiro atoms. The van der Waals surface area contributed by atoms with Crippen molar-refractivity contribution in [2.75, 3.05) is 18.4 Å². The van der Waals surface area contributed by atoms with Gasteiger partial charge in [-0.25, -0.2) is 0 Å². The van der Waals surface area contributed by atoms with Gasteiger partial charge in [-0.15, -0.1) is 10.2 Å². The predicted molar refractivity (Wildman–Crippen MR) is 107 cm³/mol. The number of anilines is 1. The molecule has 1 aromatic carbocycles. The van der Waals surface area contributed by atoms with E-state index in [-0.39, 0.29) is 11.8 Å². The van der Waals surface area contributed by atoms with Crippen LogP contribution in [0.25, 0.3) is 0 Å². The molecule has 2 heterocycles. The summed E-state index contributed by atoms with van der Waals surface area (Å²) in [5.41, 5.74) is 1.04. The average molecular weight is 387 g/mol. The van der Waals surface area contributed by atoms with Crippen LogP contribution in [0.4, 0.5) is 5.13 Å². The molecule has 1 saturated heterocycles. The van der Waals surface area contributed by atoms with Crippen LogP contribution in [-0.4, -0.2) is 40.0 Å². The first kappa shape index (κ1) is 19.5. The Balaban J connectivity index is 1.42. The van der Waals surface area contributed by atoms with Gasteiger partial charge in [-0.3, -0.25) is 9.59 Å². The first-order valence-electron chi connectivity index (χ1n) is 9.46. The Kier molecular flexibility index (Phi) is 6.55. The summed E-state index contributed by atoms with van der Waals surface area (Å²) in [6, 6.07) is 9.82. The average Bonchev–Trinajstić information content (AvgIpc) is 3.12. The van der Waals surface area contributed by atoms with Crippen LogP contribution in [0.5, 0.6) is 0 Å². The number of carbonyl (C=O) groups is 2. The van der Waals surface area contributed by atoms with E-state index in [0.717, 1.165) is 36.5 Å². The third-order valence-corrected chi connectivity index (χ3v) is 5.96. The lowest BCUT2D eigenvalue weighted by atomic mass is 9.93. The van der Waals surface area contributed by atoms with Crippen LogP contribution in [0.1, 0.15) is 49.6 Å². The number of benzene rings is 1. The molecule has 0 atom stereocenters. The lowest BCUT2D eigenvalue weighted by molar-refractivity contribution is -0.131. The van der Waals surface area contributed by atoms with Gasteiger partial charge in [-0.1, -0.05) is 55.5 Å². The van der Waals surface area contributed by atoms with Crippen molar-refractivity contribution in [1.29, 1.82) is 0 Å². The molecule has 6 nitrogen and oxygen atoms in total. The molecule has 1 N–H and O–H groups in total. The second kappa shape index (κ2) is 9.08. The van der Waals surface area contributed by atoms with Gasteiger partial charge in [0.1, 0.15) is 5.01 Å². The van der Waals surface area contributed by atoms with E-state index in [1.165, 1.54) is 11.3 Å². The number of piperidine rings is 1. The largest absolute Gasteiger partial charge is 0.342 e. The zero-order chi connectivity index (χ0) is 19.2. The number of nitrogens with zero attached hydrogens (tertiary/aromatic N) is 3. The van der Waals surface area contributed by atoms with Gasteiger partial charge in [0.05, 0.1) is 6.42 Å².